The number of aromatic amines is 1. The van der Waals surface area contributed by atoms with E-state index < -0.39 is 10.0 Å². The molecule has 2 rings (SSSR count). The second kappa shape index (κ2) is 6.46. The van der Waals surface area contributed by atoms with Crippen LogP contribution in [0.3, 0.4) is 0 Å². The molecule has 0 radical (unpaired) electrons. The molecule has 1 aromatic heterocycles. The molecule has 1 saturated carbocycles. The van der Waals surface area contributed by atoms with Gasteiger partial charge in [-0.15, -0.1) is 0 Å². The summed E-state index contributed by atoms with van der Waals surface area (Å²) in [7, 11) is -3.55. The van der Waals surface area contributed by atoms with E-state index in [1.165, 1.54) is 6.42 Å². The summed E-state index contributed by atoms with van der Waals surface area (Å²) < 4.78 is 27.8. The molecule has 0 aromatic carbocycles. The third-order valence-electron chi connectivity index (χ3n) is 4.64. The van der Waals surface area contributed by atoms with Gasteiger partial charge >= 0.3 is 0 Å². The van der Waals surface area contributed by atoms with Crippen molar-refractivity contribution in [2.24, 2.45) is 5.41 Å². The molecule has 0 unspecified atom stereocenters. The Labute approximate surface area is 127 Å². The van der Waals surface area contributed by atoms with Gasteiger partial charge in [-0.3, -0.25) is 5.10 Å². The van der Waals surface area contributed by atoms with Crippen LogP contribution in [0.5, 0.6) is 0 Å². The minimum absolute atomic E-state index is 0.131. The Balaban J connectivity index is 2.12. The summed E-state index contributed by atoms with van der Waals surface area (Å²) in [4.78, 5) is 0. The normalized spacial score (nSPS) is 17.7. The van der Waals surface area contributed by atoms with Crippen LogP contribution in [-0.2, 0) is 16.6 Å². The molecule has 6 nitrogen and oxygen atoms in total. The lowest BCUT2D eigenvalue weighted by Gasteiger charge is -2.41. The first-order chi connectivity index (χ1) is 9.94. The van der Waals surface area contributed by atoms with E-state index in [2.05, 4.69) is 27.2 Å². The molecule has 0 aliphatic heterocycles. The SMILES string of the molecule is CCNCc1c(S(=O)(=O)NCC2(CC)CCC2)n[nH]c1C. The first-order valence-corrected chi connectivity index (χ1v) is 9.16. The van der Waals surface area contributed by atoms with Gasteiger partial charge in [0.15, 0.2) is 5.03 Å². The van der Waals surface area contributed by atoms with E-state index >= 15 is 0 Å². The average Bonchev–Trinajstić information content (AvgIpc) is 2.77. The van der Waals surface area contributed by atoms with Gasteiger partial charge < -0.3 is 5.32 Å². The van der Waals surface area contributed by atoms with Crippen molar-refractivity contribution >= 4 is 10.0 Å². The van der Waals surface area contributed by atoms with Gasteiger partial charge in [0.05, 0.1) is 0 Å². The van der Waals surface area contributed by atoms with Crippen molar-refractivity contribution in [2.75, 3.05) is 13.1 Å². The molecule has 0 bridgehead atoms. The number of aromatic nitrogens is 2. The van der Waals surface area contributed by atoms with Gasteiger partial charge in [-0.25, -0.2) is 13.1 Å². The maximum absolute atomic E-state index is 12.5. The highest BCUT2D eigenvalue weighted by atomic mass is 32.2. The van der Waals surface area contributed by atoms with Gasteiger partial charge in [0.2, 0.25) is 0 Å². The fourth-order valence-electron chi connectivity index (χ4n) is 2.76. The summed E-state index contributed by atoms with van der Waals surface area (Å²) in [6.07, 6.45) is 4.42. The molecule has 0 saturated heterocycles. The maximum Gasteiger partial charge on any atom is 0.260 e. The van der Waals surface area contributed by atoms with Crippen molar-refractivity contribution in [3.05, 3.63) is 11.3 Å². The van der Waals surface area contributed by atoms with Gasteiger partial charge in [0.25, 0.3) is 10.0 Å². The highest BCUT2D eigenvalue weighted by Crippen LogP contribution is 2.43. The molecule has 7 heteroatoms. The quantitative estimate of drug-likeness (QED) is 0.681. The molecule has 1 fully saturated rings. The Morgan fingerprint density at radius 3 is 2.57 bits per heavy atom. The van der Waals surface area contributed by atoms with Crippen LogP contribution in [0, 0.1) is 12.3 Å². The minimum Gasteiger partial charge on any atom is -0.313 e. The van der Waals surface area contributed by atoms with Crippen molar-refractivity contribution in [3.8, 4) is 0 Å². The van der Waals surface area contributed by atoms with E-state index in [1.54, 1.807) is 0 Å². The summed E-state index contributed by atoms with van der Waals surface area (Å²) in [5.41, 5.74) is 1.67. The van der Waals surface area contributed by atoms with Crippen LogP contribution in [0.15, 0.2) is 5.03 Å². The van der Waals surface area contributed by atoms with Gasteiger partial charge in [0, 0.05) is 24.3 Å². The number of sulfonamides is 1. The largest absolute Gasteiger partial charge is 0.313 e. The number of H-pyrrole nitrogens is 1. The number of rotatable bonds is 8. The van der Waals surface area contributed by atoms with Crippen LogP contribution in [0.2, 0.25) is 0 Å². The van der Waals surface area contributed by atoms with Crippen LogP contribution in [-0.4, -0.2) is 31.7 Å². The van der Waals surface area contributed by atoms with Crippen molar-refractivity contribution in [3.63, 3.8) is 0 Å². The minimum atomic E-state index is -3.55. The Morgan fingerprint density at radius 2 is 2.05 bits per heavy atom. The van der Waals surface area contributed by atoms with Gasteiger partial charge in [-0.1, -0.05) is 20.3 Å². The lowest BCUT2D eigenvalue weighted by Crippen LogP contribution is -2.42. The smallest absolute Gasteiger partial charge is 0.260 e. The Kier molecular flexibility index (Phi) is 5.06. The Bertz CT molecular complexity index is 570. The summed E-state index contributed by atoms with van der Waals surface area (Å²) >= 11 is 0. The highest BCUT2D eigenvalue weighted by Gasteiger charge is 2.36. The van der Waals surface area contributed by atoms with E-state index in [1.807, 2.05) is 13.8 Å². The summed E-state index contributed by atoms with van der Waals surface area (Å²) in [6, 6.07) is 0. The molecule has 1 heterocycles. The molecule has 0 spiro atoms. The number of hydrogen-bond acceptors (Lipinski definition) is 4. The van der Waals surface area contributed by atoms with Gasteiger partial charge in [-0.05, 0) is 38.1 Å². The molecule has 1 aliphatic carbocycles. The monoisotopic (exact) mass is 314 g/mol. The summed E-state index contributed by atoms with van der Waals surface area (Å²) in [5, 5.41) is 10.1. The molecule has 120 valence electrons. The third kappa shape index (κ3) is 3.46. The van der Waals surface area contributed by atoms with E-state index in [0.29, 0.717) is 13.1 Å². The first-order valence-electron chi connectivity index (χ1n) is 7.68. The zero-order chi connectivity index (χ0) is 15.5. The molecular weight excluding hydrogens is 288 g/mol. The van der Waals surface area contributed by atoms with Crippen LogP contribution >= 0.6 is 0 Å². The fraction of sp³-hybridized carbons (Fsp3) is 0.786. The summed E-state index contributed by atoms with van der Waals surface area (Å²) in [5.74, 6) is 0. The third-order valence-corrected chi connectivity index (χ3v) is 6.01. The van der Waals surface area contributed by atoms with E-state index in [0.717, 1.165) is 37.1 Å². The average molecular weight is 314 g/mol. The second-order valence-electron chi connectivity index (χ2n) is 5.94. The molecule has 0 atom stereocenters. The van der Waals surface area contributed by atoms with Crippen LogP contribution in [0.4, 0.5) is 0 Å². The molecule has 1 aliphatic rings. The van der Waals surface area contributed by atoms with Gasteiger partial charge in [0.1, 0.15) is 0 Å². The van der Waals surface area contributed by atoms with Crippen molar-refractivity contribution in [2.45, 2.75) is 58.0 Å². The topological polar surface area (TPSA) is 86.9 Å². The highest BCUT2D eigenvalue weighted by molar-refractivity contribution is 7.89. The zero-order valence-corrected chi connectivity index (χ0v) is 13.9. The molecular formula is C14H26N4O2S. The van der Waals surface area contributed by atoms with Gasteiger partial charge in [-0.2, -0.15) is 5.10 Å². The van der Waals surface area contributed by atoms with Crippen molar-refractivity contribution in [1.29, 1.82) is 0 Å². The Morgan fingerprint density at radius 1 is 1.33 bits per heavy atom. The number of aryl methyl sites for hydroxylation is 1. The molecule has 1 aromatic rings. The second-order valence-corrected chi connectivity index (χ2v) is 7.63. The standard InChI is InChI=1S/C14H26N4O2S/c1-4-14(7-6-8-14)10-16-21(19,20)13-12(9-15-5-2)11(3)17-18-13/h15-16H,4-10H2,1-3H3,(H,17,18). The predicted molar refractivity (Wildman–Crippen MR) is 82.5 cm³/mol. The lowest BCUT2D eigenvalue weighted by atomic mass is 9.67. The first kappa shape index (κ1) is 16.5. The molecule has 3 N–H and O–H groups in total. The fourth-order valence-corrected chi connectivity index (χ4v) is 4.11. The van der Waals surface area contributed by atoms with E-state index in [4.69, 9.17) is 0 Å². The van der Waals surface area contributed by atoms with Crippen molar-refractivity contribution in [1.82, 2.24) is 20.2 Å². The number of nitrogens with zero attached hydrogens (tertiary/aromatic N) is 1. The number of hydrogen-bond donors (Lipinski definition) is 3. The van der Waals surface area contributed by atoms with Crippen LogP contribution < -0.4 is 10.0 Å². The summed E-state index contributed by atoms with van der Waals surface area (Å²) in [6.45, 7) is 7.77. The predicted octanol–water partition coefficient (Wildman–Crippen LogP) is 1.69. The number of nitrogens with one attached hydrogen (secondary N) is 3. The Hall–Kier alpha value is -0.920. The van der Waals surface area contributed by atoms with E-state index in [-0.39, 0.29) is 10.4 Å². The van der Waals surface area contributed by atoms with Crippen molar-refractivity contribution < 1.29 is 8.42 Å². The van der Waals surface area contributed by atoms with Crippen LogP contribution in [0.1, 0.15) is 50.8 Å². The lowest BCUT2D eigenvalue weighted by molar-refractivity contribution is 0.133. The van der Waals surface area contributed by atoms with E-state index in [9.17, 15) is 8.42 Å². The maximum atomic E-state index is 12.5. The van der Waals surface area contributed by atoms with Crippen LogP contribution in [0.25, 0.3) is 0 Å². The zero-order valence-electron chi connectivity index (χ0n) is 13.1. The molecule has 0 amide bonds. The molecule has 21 heavy (non-hydrogen) atoms.